The van der Waals surface area contributed by atoms with Gasteiger partial charge in [0.25, 0.3) is 5.92 Å². The van der Waals surface area contributed by atoms with Crippen LogP contribution >= 0.6 is 0 Å². The minimum atomic E-state index is -2.61. The molecule has 1 saturated heterocycles. The highest BCUT2D eigenvalue weighted by molar-refractivity contribution is 5.74. The van der Waals surface area contributed by atoms with Gasteiger partial charge in [0.2, 0.25) is 0 Å². The van der Waals surface area contributed by atoms with E-state index in [2.05, 4.69) is 4.98 Å². The van der Waals surface area contributed by atoms with Crippen LogP contribution < -0.4 is 0 Å². The molecule has 2 fully saturated rings. The van der Waals surface area contributed by atoms with Crippen molar-refractivity contribution in [1.82, 2.24) is 9.55 Å². The molecule has 1 aromatic carbocycles. The molecule has 1 aromatic heterocycles. The lowest BCUT2D eigenvalue weighted by atomic mass is 9.78. The Bertz CT molecular complexity index is 648. The molecule has 2 heterocycles. The summed E-state index contributed by atoms with van der Waals surface area (Å²) in [6.07, 6.45) is 2.54. The van der Waals surface area contributed by atoms with Gasteiger partial charge in [0.05, 0.1) is 29.6 Å². The molecule has 1 saturated carbocycles. The van der Waals surface area contributed by atoms with E-state index in [1.807, 2.05) is 28.8 Å². The Morgan fingerprint density at radius 3 is 2.90 bits per heavy atom. The van der Waals surface area contributed by atoms with E-state index in [1.165, 1.54) is 0 Å². The van der Waals surface area contributed by atoms with E-state index in [0.717, 1.165) is 11.0 Å². The second-order valence-electron chi connectivity index (χ2n) is 6.02. The van der Waals surface area contributed by atoms with E-state index in [1.54, 1.807) is 6.33 Å². The summed E-state index contributed by atoms with van der Waals surface area (Å²) in [4.78, 5) is 4.27. The minimum absolute atomic E-state index is 0.0652. The third-order valence-corrected chi connectivity index (χ3v) is 4.63. The van der Waals surface area contributed by atoms with Crippen LogP contribution in [0.15, 0.2) is 30.6 Å². The van der Waals surface area contributed by atoms with Crippen LogP contribution in [0.1, 0.15) is 19.3 Å². The normalized spacial score (nSPS) is 31.8. The molecule has 5 heteroatoms. The van der Waals surface area contributed by atoms with E-state index in [9.17, 15) is 8.78 Å². The Labute approximate surface area is 115 Å². The van der Waals surface area contributed by atoms with Crippen LogP contribution in [0, 0.1) is 5.92 Å². The van der Waals surface area contributed by atoms with E-state index >= 15 is 0 Å². The summed E-state index contributed by atoms with van der Waals surface area (Å²) >= 11 is 0. The Hall–Kier alpha value is -1.49. The van der Waals surface area contributed by atoms with Gasteiger partial charge in [-0.3, -0.25) is 0 Å². The zero-order valence-electron chi connectivity index (χ0n) is 11.1. The minimum Gasteiger partial charge on any atom is -0.370 e. The maximum absolute atomic E-state index is 14.1. The summed E-state index contributed by atoms with van der Waals surface area (Å²) in [6.45, 7) is 0.947. The number of alkyl halides is 2. The molecule has 2 aliphatic rings. The standard InChI is InChI=1S/C15H16F2N2O/c16-15(17)6-5-14(9-20-14)7-11(15)8-19-10-18-12-3-1-2-4-13(12)19/h1-4,10-11H,5-9H2/t11-,14-/m0/s1. The molecule has 0 N–H and O–H groups in total. The SMILES string of the molecule is FC1(F)CC[C@@]2(CO2)C[C@H]1Cn1cnc2ccccc21. The predicted molar refractivity (Wildman–Crippen MR) is 70.7 cm³/mol. The maximum Gasteiger partial charge on any atom is 0.252 e. The Morgan fingerprint density at radius 2 is 2.10 bits per heavy atom. The number of ether oxygens (including phenoxy) is 1. The fourth-order valence-electron chi connectivity index (χ4n) is 3.25. The highest BCUT2D eigenvalue weighted by Gasteiger charge is 2.57. The lowest BCUT2D eigenvalue weighted by molar-refractivity contribution is -0.107. The predicted octanol–water partition coefficient (Wildman–Crippen LogP) is 3.24. The van der Waals surface area contributed by atoms with Crippen LogP contribution in [-0.2, 0) is 11.3 Å². The van der Waals surface area contributed by atoms with Crippen LogP contribution in [0.4, 0.5) is 8.78 Å². The number of hydrogen-bond donors (Lipinski definition) is 0. The van der Waals surface area contributed by atoms with Gasteiger partial charge < -0.3 is 9.30 Å². The third kappa shape index (κ3) is 1.92. The molecule has 0 amide bonds. The first-order valence-electron chi connectivity index (χ1n) is 7.00. The average molecular weight is 278 g/mol. The Balaban J connectivity index is 1.63. The number of epoxide rings is 1. The van der Waals surface area contributed by atoms with Gasteiger partial charge in [-0.25, -0.2) is 13.8 Å². The van der Waals surface area contributed by atoms with Gasteiger partial charge in [-0.1, -0.05) is 12.1 Å². The van der Waals surface area contributed by atoms with E-state index in [-0.39, 0.29) is 12.0 Å². The molecule has 2 aromatic rings. The maximum atomic E-state index is 14.1. The number of imidazole rings is 1. The summed E-state index contributed by atoms with van der Waals surface area (Å²) in [7, 11) is 0. The fraction of sp³-hybridized carbons (Fsp3) is 0.533. The molecule has 3 nitrogen and oxygen atoms in total. The molecule has 1 spiro atoms. The smallest absolute Gasteiger partial charge is 0.252 e. The van der Waals surface area contributed by atoms with Gasteiger partial charge in [-0.15, -0.1) is 0 Å². The van der Waals surface area contributed by atoms with Crippen molar-refractivity contribution in [3.8, 4) is 0 Å². The van der Waals surface area contributed by atoms with Gasteiger partial charge in [-0.2, -0.15) is 0 Å². The number of aromatic nitrogens is 2. The first-order chi connectivity index (χ1) is 9.58. The van der Waals surface area contributed by atoms with E-state index < -0.39 is 11.8 Å². The second kappa shape index (κ2) is 4.01. The first-order valence-corrected chi connectivity index (χ1v) is 7.00. The largest absolute Gasteiger partial charge is 0.370 e. The molecule has 1 aliphatic heterocycles. The van der Waals surface area contributed by atoms with E-state index in [4.69, 9.17) is 4.74 Å². The Morgan fingerprint density at radius 1 is 1.30 bits per heavy atom. The fourth-order valence-corrected chi connectivity index (χ4v) is 3.25. The molecule has 0 bridgehead atoms. The zero-order chi connectivity index (χ0) is 13.8. The van der Waals surface area contributed by atoms with Crippen LogP contribution in [-0.4, -0.2) is 27.7 Å². The van der Waals surface area contributed by atoms with Crippen LogP contribution in [0.3, 0.4) is 0 Å². The highest BCUT2D eigenvalue weighted by atomic mass is 19.3. The molecule has 4 rings (SSSR count). The van der Waals surface area contributed by atoms with Crippen molar-refractivity contribution in [2.24, 2.45) is 5.92 Å². The van der Waals surface area contributed by atoms with E-state index in [0.29, 0.717) is 26.0 Å². The van der Waals surface area contributed by atoms with Crippen LogP contribution in [0.25, 0.3) is 11.0 Å². The molecule has 20 heavy (non-hydrogen) atoms. The van der Waals surface area contributed by atoms with Crippen molar-refractivity contribution < 1.29 is 13.5 Å². The summed E-state index contributed by atoms with van der Waals surface area (Å²) < 4.78 is 35.5. The molecule has 106 valence electrons. The van der Waals surface area contributed by atoms with Gasteiger partial charge in [0.15, 0.2) is 0 Å². The van der Waals surface area contributed by atoms with Crippen molar-refractivity contribution >= 4 is 11.0 Å². The molecule has 0 radical (unpaired) electrons. The van der Waals surface area contributed by atoms with Crippen molar-refractivity contribution in [3.63, 3.8) is 0 Å². The topological polar surface area (TPSA) is 30.4 Å². The van der Waals surface area contributed by atoms with Crippen molar-refractivity contribution in [3.05, 3.63) is 30.6 Å². The lowest BCUT2D eigenvalue weighted by Crippen LogP contribution is -2.41. The van der Waals surface area contributed by atoms with Gasteiger partial charge in [-0.05, 0) is 25.0 Å². The molecule has 2 atom stereocenters. The highest BCUT2D eigenvalue weighted by Crippen LogP contribution is 2.50. The van der Waals surface area contributed by atoms with Crippen molar-refractivity contribution in [2.75, 3.05) is 6.61 Å². The monoisotopic (exact) mass is 278 g/mol. The Kier molecular flexibility index (Phi) is 2.46. The van der Waals surface area contributed by atoms with Gasteiger partial charge in [0, 0.05) is 18.9 Å². The number of halogens is 2. The van der Waals surface area contributed by atoms with Crippen molar-refractivity contribution in [1.29, 1.82) is 0 Å². The molecule has 0 unspecified atom stereocenters. The first kappa shape index (κ1) is 12.3. The van der Waals surface area contributed by atoms with Crippen LogP contribution in [0.2, 0.25) is 0 Å². The summed E-state index contributed by atoms with van der Waals surface area (Å²) in [5.74, 6) is -3.28. The number of nitrogens with zero attached hydrogens (tertiary/aromatic N) is 2. The summed E-state index contributed by atoms with van der Waals surface area (Å²) in [5.41, 5.74) is 1.52. The summed E-state index contributed by atoms with van der Waals surface area (Å²) in [6, 6.07) is 7.63. The second-order valence-corrected chi connectivity index (χ2v) is 6.02. The molecule has 1 aliphatic carbocycles. The third-order valence-electron chi connectivity index (χ3n) is 4.63. The van der Waals surface area contributed by atoms with Gasteiger partial charge in [0.1, 0.15) is 0 Å². The number of benzene rings is 1. The number of para-hydroxylation sites is 2. The van der Waals surface area contributed by atoms with Gasteiger partial charge >= 0.3 is 0 Å². The van der Waals surface area contributed by atoms with Crippen LogP contribution in [0.5, 0.6) is 0 Å². The number of rotatable bonds is 2. The number of hydrogen-bond acceptors (Lipinski definition) is 2. The van der Waals surface area contributed by atoms with Crippen molar-refractivity contribution in [2.45, 2.75) is 37.3 Å². The molecular formula is C15H16F2N2O. The lowest BCUT2D eigenvalue weighted by Gasteiger charge is -2.34. The average Bonchev–Trinajstić information content (AvgIpc) is 3.08. The zero-order valence-corrected chi connectivity index (χ0v) is 11.1. The quantitative estimate of drug-likeness (QED) is 0.789. The number of fused-ring (bicyclic) bond motifs is 1. The summed E-state index contributed by atoms with van der Waals surface area (Å²) in [5, 5.41) is 0. The molecular weight excluding hydrogens is 262 g/mol.